The zero-order valence-corrected chi connectivity index (χ0v) is 16.7. The Hall–Kier alpha value is -2.18. The van der Waals surface area contributed by atoms with Crippen LogP contribution in [-0.2, 0) is 26.1 Å². The van der Waals surface area contributed by atoms with E-state index in [0.29, 0.717) is 16.6 Å². The molecule has 2 aromatic rings. The number of hydrogen-bond acceptors (Lipinski definition) is 6. The van der Waals surface area contributed by atoms with E-state index in [2.05, 4.69) is 25.7 Å². The molecular formula is C16H13BrF3N3O4S. The van der Waals surface area contributed by atoms with Gasteiger partial charge < -0.3 is 9.64 Å². The monoisotopic (exact) mass is 479 g/mol. The molecule has 2 heterocycles. The molecule has 0 N–H and O–H groups in total. The summed E-state index contributed by atoms with van der Waals surface area (Å²) in [6, 6.07) is 2.23. The van der Waals surface area contributed by atoms with Gasteiger partial charge in [0.15, 0.2) is 11.6 Å². The van der Waals surface area contributed by atoms with Crippen LogP contribution in [0.1, 0.15) is 5.56 Å². The number of aromatic nitrogens is 1. The molecule has 0 fully saturated rings. The summed E-state index contributed by atoms with van der Waals surface area (Å²) in [6.45, 7) is -1.25. The molecule has 3 rings (SSSR count). The van der Waals surface area contributed by atoms with E-state index in [9.17, 15) is 26.4 Å². The molecule has 0 unspecified atom stereocenters. The number of fused-ring (bicyclic) bond motifs is 1. The van der Waals surface area contributed by atoms with E-state index in [1.165, 1.54) is 24.3 Å². The standard InChI is InChI=1S/C16H13BrF3N3O4S/c1-27-15(24)7-22-8-23(6-9-2-12(19)13(20)4-11(9)18)28(25,26)14-3-10(17)5-21-16(14)22/h2-5H,6-8H2,1H3. The largest absolute Gasteiger partial charge is 0.468 e. The average molecular weight is 480 g/mol. The van der Waals surface area contributed by atoms with Crippen LogP contribution in [0.15, 0.2) is 33.8 Å². The molecule has 1 aliphatic rings. The highest BCUT2D eigenvalue weighted by Crippen LogP contribution is 2.34. The SMILES string of the molecule is COC(=O)CN1CN(Cc2cc(F)c(F)cc2F)S(=O)(=O)c2cc(Br)cnc21. The van der Waals surface area contributed by atoms with Crippen molar-refractivity contribution in [1.29, 1.82) is 0 Å². The molecule has 0 saturated heterocycles. The van der Waals surface area contributed by atoms with Gasteiger partial charge in [0.2, 0.25) is 10.0 Å². The van der Waals surface area contributed by atoms with Crippen LogP contribution in [0.25, 0.3) is 0 Å². The van der Waals surface area contributed by atoms with E-state index in [4.69, 9.17) is 0 Å². The fraction of sp³-hybridized carbons (Fsp3) is 0.250. The fourth-order valence-electron chi connectivity index (χ4n) is 2.67. The van der Waals surface area contributed by atoms with Crippen molar-refractivity contribution < 1.29 is 31.1 Å². The minimum Gasteiger partial charge on any atom is -0.468 e. The number of ether oxygens (including phenoxy) is 1. The van der Waals surface area contributed by atoms with Crippen LogP contribution in [0.4, 0.5) is 19.0 Å². The number of carbonyl (C=O) groups excluding carboxylic acids is 1. The minimum absolute atomic E-state index is 0.0237. The van der Waals surface area contributed by atoms with Crippen LogP contribution in [0.3, 0.4) is 0 Å². The summed E-state index contributed by atoms with van der Waals surface area (Å²) in [6.07, 6.45) is 1.36. The lowest BCUT2D eigenvalue weighted by Crippen LogP contribution is -2.48. The van der Waals surface area contributed by atoms with E-state index in [0.717, 1.165) is 4.31 Å². The first-order valence-corrected chi connectivity index (χ1v) is 9.97. The smallest absolute Gasteiger partial charge is 0.325 e. The van der Waals surface area contributed by atoms with Gasteiger partial charge in [0.05, 0.1) is 13.8 Å². The van der Waals surface area contributed by atoms with Crippen molar-refractivity contribution in [2.24, 2.45) is 0 Å². The molecular weight excluding hydrogens is 467 g/mol. The number of esters is 1. The first kappa shape index (κ1) is 20.6. The number of nitrogens with zero attached hydrogens (tertiary/aromatic N) is 3. The lowest BCUT2D eigenvalue weighted by atomic mass is 10.2. The molecule has 1 aromatic carbocycles. The van der Waals surface area contributed by atoms with Crippen LogP contribution in [-0.4, -0.2) is 44.0 Å². The Morgan fingerprint density at radius 1 is 1.21 bits per heavy atom. The van der Waals surface area contributed by atoms with Gasteiger partial charge in [-0.05, 0) is 28.1 Å². The van der Waals surface area contributed by atoms with E-state index in [1.807, 2.05) is 0 Å². The first-order valence-electron chi connectivity index (χ1n) is 7.74. The van der Waals surface area contributed by atoms with Gasteiger partial charge in [0, 0.05) is 28.8 Å². The van der Waals surface area contributed by atoms with Gasteiger partial charge in [-0.15, -0.1) is 0 Å². The van der Waals surface area contributed by atoms with Gasteiger partial charge in [0.1, 0.15) is 23.1 Å². The number of carbonyl (C=O) groups is 1. The molecule has 7 nitrogen and oxygen atoms in total. The molecule has 0 radical (unpaired) electrons. The third kappa shape index (κ3) is 3.84. The van der Waals surface area contributed by atoms with Gasteiger partial charge in [-0.25, -0.2) is 26.6 Å². The predicted molar refractivity (Wildman–Crippen MR) is 95.2 cm³/mol. The van der Waals surface area contributed by atoms with E-state index >= 15 is 0 Å². The molecule has 12 heteroatoms. The number of hydrogen-bond donors (Lipinski definition) is 0. The van der Waals surface area contributed by atoms with Crippen molar-refractivity contribution in [3.63, 3.8) is 0 Å². The maximum Gasteiger partial charge on any atom is 0.325 e. The van der Waals surface area contributed by atoms with Crippen molar-refractivity contribution >= 4 is 37.7 Å². The van der Waals surface area contributed by atoms with Crippen molar-refractivity contribution in [3.8, 4) is 0 Å². The lowest BCUT2D eigenvalue weighted by Gasteiger charge is -2.36. The molecule has 0 amide bonds. The van der Waals surface area contributed by atoms with Crippen LogP contribution < -0.4 is 4.90 Å². The Morgan fingerprint density at radius 2 is 1.89 bits per heavy atom. The fourth-order valence-corrected chi connectivity index (χ4v) is 4.72. The number of methoxy groups -OCH3 is 1. The number of pyridine rings is 1. The average Bonchev–Trinajstić information content (AvgIpc) is 2.63. The number of halogens is 4. The zero-order valence-electron chi connectivity index (χ0n) is 14.3. The number of rotatable bonds is 4. The summed E-state index contributed by atoms with van der Waals surface area (Å²) < 4.78 is 72.4. The summed E-state index contributed by atoms with van der Waals surface area (Å²) >= 11 is 3.14. The summed E-state index contributed by atoms with van der Waals surface area (Å²) in [4.78, 5) is 16.9. The summed E-state index contributed by atoms with van der Waals surface area (Å²) in [5, 5.41) is 0. The van der Waals surface area contributed by atoms with Gasteiger partial charge in [-0.1, -0.05) is 0 Å². The quantitative estimate of drug-likeness (QED) is 0.494. The highest BCUT2D eigenvalue weighted by Gasteiger charge is 2.38. The molecule has 0 atom stereocenters. The van der Waals surface area contributed by atoms with Crippen molar-refractivity contribution in [1.82, 2.24) is 9.29 Å². The lowest BCUT2D eigenvalue weighted by molar-refractivity contribution is -0.139. The van der Waals surface area contributed by atoms with Gasteiger partial charge in [0.25, 0.3) is 0 Å². The second-order valence-electron chi connectivity index (χ2n) is 5.86. The molecule has 0 spiro atoms. The summed E-state index contributed by atoms with van der Waals surface area (Å²) in [5.74, 6) is -4.40. The van der Waals surface area contributed by atoms with Crippen LogP contribution >= 0.6 is 15.9 Å². The molecule has 0 bridgehead atoms. The maximum atomic E-state index is 14.0. The first-order chi connectivity index (χ1) is 13.1. The zero-order chi connectivity index (χ0) is 20.6. The normalized spacial score (nSPS) is 16.0. The second kappa shape index (κ2) is 7.68. The van der Waals surface area contributed by atoms with E-state index < -0.39 is 40.0 Å². The van der Waals surface area contributed by atoms with Gasteiger partial charge >= 0.3 is 5.97 Å². The van der Waals surface area contributed by atoms with Gasteiger partial charge in [-0.3, -0.25) is 4.79 Å². The summed E-state index contributed by atoms with van der Waals surface area (Å²) in [7, 11) is -2.98. The number of sulfonamides is 1. The van der Waals surface area contributed by atoms with Crippen molar-refractivity contribution in [2.75, 3.05) is 25.2 Å². The molecule has 1 aromatic heterocycles. The molecule has 0 aliphatic carbocycles. The molecule has 0 saturated carbocycles. The Morgan fingerprint density at radius 3 is 2.57 bits per heavy atom. The van der Waals surface area contributed by atoms with E-state index in [-0.39, 0.29) is 29.5 Å². The number of anilines is 1. The molecule has 150 valence electrons. The van der Waals surface area contributed by atoms with Crippen molar-refractivity contribution in [3.05, 3.63) is 51.9 Å². The number of benzene rings is 1. The Labute approximate surface area is 166 Å². The Bertz CT molecular complexity index is 1050. The summed E-state index contributed by atoms with van der Waals surface area (Å²) in [5.41, 5.74) is -0.355. The third-order valence-electron chi connectivity index (χ3n) is 4.03. The van der Waals surface area contributed by atoms with Gasteiger partial charge in [-0.2, -0.15) is 4.31 Å². The van der Waals surface area contributed by atoms with Crippen LogP contribution in [0, 0.1) is 17.5 Å². The topological polar surface area (TPSA) is 79.8 Å². The predicted octanol–water partition coefficient (Wildman–Crippen LogP) is 2.40. The van der Waals surface area contributed by atoms with Crippen LogP contribution in [0.5, 0.6) is 0 Å². The highest BCUT2D eigenvalue weighted by atomic mass is 79.9. The molecule has 28 heavy (non-hydrogen) atoms. The Kier molecular flexibility index (Phi) is 5.64. The highest BCUT2D eigenvalue weighted by molar-refractivity contribution is 9.10. The maximum absolute atomic E-state index is 14.0. The Balaban J connectivity index is 2.05. The molecule has 1 aliphatic heterocycles. The van der Waals surface area contributed by atoms with Crippen LogP contribution in [0.2, 0.25) is 0 Å². The minimum atomic E-state index is -4.15. The van der Waals surface area contributed by atoms with Crippen molar-refractivity contribution in [2.45, 2.75) is 11.4 Å². The second-order valence-corrected chi connectivity index (χ2v) is 8.69. The van der Waals surface area contributed by atoms with E-state index in [1.54, 1.807) is 0 Å². The third-order valence-corrected chi connectivity index (χ3v) is 6.24.